The molecule has 0 heterocycles. The smallest absolute Gasteiger partial charge is 0.287 e. The summed E-state index contributed by atoms with van der Waals surface area (Å²) < 4.78 is 5.04. The third-order valence-corrected chi connectivity index (χ3v) is 1.85. The summed E-state index contributed by atoms with van der Waals surface area (Å²) in [7, 11) is 1.61. The standard InChI is InChI=1S/C9H10BrNO2/c1-13-8-4-2-3-7(5-8)6-11-9(10)12/h2-5H,6H2,1H3,(H,11,12). The van der Waals surface area contributed by atoms with Gasteiger partial charge in [-0.2, -0.15) is 0 Å². The number of hydrogen-bond acceptors (Lipinski definition) is 2. The molecule has 1 amide bonds. The van der Waals surface area contributed by atoms with Gasteiger partial charge in [0.25, 0.3) is 4.82 Å². The molecule has 70 valence electrons. The van der Waals surface area contributed by atoms with Crippen LogP contribution < -0.4 is 10.1 Å². The van der Waals surface area contributed by atoms with Gasteiger partial charge in [-0.3, -0.25) is 4.79 Å². The molecule has 1 aromatic carbocycles. The summed E-state index contributed by atoms with van der Waals surface area (Å²) in [6, 6.07) is 7.54. The second-order valence-corrected chi connectivity index (χ2v) is 3.20. The van der Waals surface area contributed by atoms with Gasteiger partial charge in [-0.25, -0.2) is 0 Å². The fraction of sp³-hybridized carbons (Fsp3) is 0.222. The van der Waals surface area contributed by atoms with E-state index in [9.17, 15) is 4.79 Å². The highest BCUT2D eigenvalue weighted by molar-refractivity contribution is 9.18. The lowest BCUT2D eigenvalue weighted by Gasteiger charge is -2.03. The van der Waals surface area contributed by atoms with Crippen LogP contribution in [0.3, 0.4) is 0 Å². The predicted molar refractivity (Wildman–Crippen MR) is 54.2 cm³/mol. The van der Waals surface area contributed by atoms with E-state index in [0.29, 0.717) is 6.54 Å². The molecule has 0 spiro atoms. The molecule has 3 nitrogen and oxygen atoms in total. The van der Waals surface area contributed by atoms with E-state index in [0.717, 1.165) is 11.3 Å². The van der Waals surface area contributed by atoms with Crippen LogP contribution in [0.4, 0.5) is 4.79 Å². The molecular weight excluding hydrogens is 234 g/mol. The maximum atomic E-state index is 10.5. The van der Waals surface area contributed by atoms with Crippen molar-refractivity contribution in [1.29, 1.82) is 0 Å². The average Bonchev–Trinajstić information content (AvgIpc) is 2.15. The fourth-order valence-electron chi connectivity index (χ4n) is 0.954. The first-order valence-corrected chi connectivity index (χ1v) is 4.58. The third kappa shape index (κ3) is 3.46. The Bertz CT molecular complexity index is 301. The van der Waals surface area contributed by atoms with Gasteiger partial charge in [0.15, 0.2) is 0 Å². The Balaban J connectivity index is 2.61. The van der Waals surface area contributed by atoms with Crippen molar-refractivity contribution in [2.75, 3.05) is 7.11 Å². The van der Waals surface area contributed by atoms with Crippen LogP contribution in [0.5, 0.6) is 5.75 Å². The average molecular weight is 244 g/mol. The molecule has 0 saturated heterocycles. The van der Waals surface area contributed by atoms with Crippen LogP contribution in [0.1, 0.15) is 5.56 Å². The minimum Gasteiger partial charge on any atom is -0.497 e. The first-order chi connectivity index (χ1) is 6.22. The molecule has 13 heavy (non-hydrogen) atoms. The number of carbonyl (C=O) groups excluding carboxylic acids is 1. The van der Waals surface area contributed by atoms with E-state index < -0.39 is 0 Å². The van der Waals surface area contributed by atoms with E-state index in [1.807, 2.05) is 24.3 Å². The summed E-state index contributed by atoms with van der Waals surface area (Å²) in [4.78, 5) is 10.3. The van der Waals surface area contributed by atoms with Crippen molar-refractivity contribution in [3.63, 3.8) is 0 Å². The van der Waals surface area contributed by atoms with Gasteiger partial charge in [0, 0.05) is 22.5 Å². The molecule has 0 unspecified atom stereocenters. The zero-order chi connectivity index (χ0) is 9.68. The molecule has 1 aromatic rings. The second kappa shape index (κ2) is 4.87. The maximum absolute atomic E-state index is 10.5. The second-order valence-electron chi connectivity index (χ2n) is 2.48. The molecule has 0 aliphatic rings. The topological polar surface area (TPSA) is 38.3 Å². The summed E-state index contributed by atoms with van der Waals surface area (Å²) in [5.74, 6) is 0.793. The Morgan fingerprint density at radius 2 is 2.38 bits per heavy atom. The Labute approximate surface area is 85.2 Å². The lowest BCUT2D eigenvalue weighted by Crippen LogP contribution is -2.14. The zero-order valence-corrected chi connectivity index (χ0v) is 8.80. The molecule has 0 fully saturated rings. The number of benzene rings is 1. The highest BCUT2D eigenvalue weighted by atomic mass is 79.9. The summed E-state index contributed by atoms with van der Waals surface area (Å²) in [6.07, 6.45) is 0. The van der Waals surface area contributed by atoms with Crippen molar-refractivity contribution in [1.82, 2.24) is 5.32 Å². The lowest BCUT2D eigenvalue weighted by atomic mass is 10.2. The highest BCUT2D eigenvalue weighted by Gasteiger charge is 1.96. The highest BCUT2D eigenvalue weighted by Crippen LogP contribution is 2.12. The molecule has 0 aromatic heterocycles. The SMILES string of the molecule is COc1cccc(CNC(=O)Br)c1. The van der Waals surface area contributed by atoms with Crippen molar-refractivity contribution in [2.45, 2.75) is 6.54 Å². The molecular formula is C9H10BrNO2. The number of halogens is 1. The number of carbonyl (C=O) groups is 1. The van der Waals surface area contributed by atoms with Gasteiger partial charge in [0.1, 0.15) is 5.75 Å². The van der Waals surface area contributed by atoms with E-state index in [4.69, 9.17) is 4.74 Å². The molecule has 0 saturated carbocycles. The van der Waals surface area contributed by atoms with Crippen molar-refractivity contribution in [3.8, 4) is 5.75 Å². The normalized spacial score (nSPS) is 9.38. The maximum Gasteiger partial charge on any atom is 0.287 e. The minimum absolute atomic E-state index is 0.213. The van der Waals surface area contributed by atoms with Gasteiger partial charge in [-0.05, 0) is 17.7 Å². The minimum atomic E-state index is -0.213. The quantitative estimate of drug-likeness (QED) is 0.654. The number of hydrogen-bond donors (Lipinski definition) is 1. The summed E-state index contributed by atoms with van der Waals surface area (Å²) in [5.41, 5.74) is 1.01. The third-order valence-electron chi connectivity index (χ3n) is 1.57. The largest absolute Gasteiger partial charge is 0.497 e. The van der Waals surface area contributed by atoms with Gasteiger partial charge < -0.3 is 10.1 Å². The Morgan fingerprint density at radius 3 is 3.00 bits per heavy atom. The van der Waals surface area contributed by atoms with Gasteiger partial charge in [0.05, 0.1) is 7.11 Å². The number of amides is 1. The lowest BCUT2D eigenvalue weighted by molar-refractivity contribution is 0.261. The molecule has 0 aliphatic heterocycles. The first kappa shape index (κ1) is 10.1. The van der Waals surface area contributed by atoms with Crippen LogP contribution in [0.15, 0.2) is 24.3 Å². The van der Waals surface area contributed by atoms with Crippen LogP contribution in [0, 0.1) is 0 Å². The van der Waals surface area contributed by atoms with Crippen molar-refractivity contribution >= 4 is 20.7 Å². The van der Waals surface area contributed by atoms with E-state index in [-0.39, 0.29) is 4.82 Å². The monoisotopic (exact) mass is 243 g/mol. The summed E-state index contributed by atoms with van der Waals surface area (Å²) in [5, 5.41) is 2.64. The van der Waals surface area contributed by atoms with E-state index in [1.54, 1.807) is 7.11 Å². The molecule has 0 atom stereocenters. The van der Waals surface area contributed by atoms with Gasteiger partial charge in [-0.15, -0.1) is 0 Å². The predicted octanol–water partition coefficient (Wildman–Crippen LogP) is 2.30. The van der Waals surface area contributed by atoms with Crippen LogP contribution >= 0.6 is 15.9 Å². The van der Waals surface area contributed by atoms with Crippen molar-refractivity contribution in [2.24, 2.45) is 0 Å². The van der Waals surface area contributed by atoms with E-state index in [1.165, 1.54) is 0 Å². The van der Waals surface area contributed by atoms with E-state index >= 15 is 0 Å². The summed E-state index contributed by atoms with van der Waals surface area (Å²) in [6.45, 7) is 0.501. The number of methoxy groups -OCH3 is 1. The van der Waals surface area contributed by atoms with Gasteiger partial charge in [-0.1, -0.05) is 12.1 Å². The zero-order valence-electron chi connectivity index (χ0n) is 7.21. The number of ether oxygens (including phenoxy) is 1. The van der Waals surface area contributed by atoms with Crippen LogP contribution in [-0.2, 0) is 6.54 Å². The van der Waals surface area contributed by atoms with Crippen molar-refractivity contribution in [3.05, 3.63) is 29.8 Å². The Hall–Kier alpha value is -1.03. The number of rotatable bonds is 3. The molecule has 1 N–H and O–H groups in total. The number of nitrogens with one attached hydrogen (secondary N) is 1. The van der Waals surface area contributed by atoms with Crippen LogP contribution in [0.25, 0.3) is 0 Å². The van der Waals surface area contributed by atoms with Crippen LogP contribution in [0.2, 0.25) is 0 Å². The molecule has 4 heteroatoms. The van der Waals surface area contributed by atoms with E-state index in [2.05, 4.69) is 21.2 Å². The van der Waals surface area contributed by atoms with Crippen molar-refractivity contribution < 1.29 is 9.53 Å². The van der Waals surface area contributed by atoms with Crippen LogP contribution in [-0.4, -0.2) is 11.9 Å². The molecule has 1 rings (SSSR count). The Morgan fingerprint density at radius 1 is 1.62 bits per heavy atom. The first-order valence-electron chi connectivity index (χ1n) is 3.78. The summed E-state index contributed by atoms with van der Waals surface area (Å²) >= 11 is 2.79. The molecule has 0 bridgehead atoms. The van der Waals surface area contributed by atoms with Gasteiger partial charge >= 0.3 is 0 Å². The molecule has 0 aliphatic carbocycles. The van der Waals surface area contributed by atoms with Gasteiger partial charge in [0.2, 0.25) is 0 Å². The fourth-order valence-corrected chi connectivity index (χ4v) is 1.09. The Kier molecular flexibility index (Phi) is 3.76. The molecule has 0 radical (unpaired) electrons.